The fourth-order valence-electron chi connectivity index (χ4n) is 2.89. The lowest BCUT2D eigenvalue weighted by molar-refractivity contribution is 0.0665. The Hall–Kier alpha value is -2.17. The number of sulfonamides is 1. The summed E-state index contributed by atoms with van der Waals surface area (Å²) in [4.78, 5) is 26.0. The first-order valence-electron chi connectivity index (χ1n) is 8.72. The maximum absolute atomic E-state index is 12.5. The molecule has 0 aliphatic carbocycles. The number of benzene rings is 1. The van der Waals surface area contributed by atoms with Crippen LogP contribution in [0, 0.1) is 0 Å². The van der Waals surface area contributed by atoms with Crippen molar-refractivity contribution < 1.29 is 22.4 Å². The van der Waals surface area contributed by atoms with Crippen molar-refractivity contribution in [3.63, 3.8) is 0 Å². The lowest BCUT2D eigenvalue weighted by atomic mass is 10.2. The molecule has 8 nitrogen and oxygen atoms in total. The van der Waals surface area contributed by atoms with Crippen molar-refractivity contribution in [3.05, 3.63) is 58.5 Å². The molecule has 3 rings (SSSR count). The quantitative estimate of drug-likeness (QED) is 0.691. The van der Waals surface area contributed by atoms with Gasteiger partial charge in [0, 0.05) is 37.2 Å². The molecule has 1 fully saturated rings. The van der Waals surface area contributed by atoms with Gasteiger partial charge < -0.3 is 14.6 Å². The van der Waals surface area contributed by atoms with E-state index in [0.29, 0.717) is 23.1 Å². The molecule has 0 radical (unpaired) electrons. The topological polar surface area (TPSA) is 99.9 Å². The smallest absolute Gasteiger partial charge is 0.289 e. The molecule has 1 aromatic heterocycles. The molecule has 150 valence electrons. The van der Waals surface area contributed by atoms with Gasteiger partial charge in [0.25, 0.3) is 11.8 Å². The zero-order chi connectivity index (χ0) is 20.1. The van der Waals surface area contributed by atoms with E-state index >= 15 is 0 Å². The Morgan fingerprint density at radius 1 is 1.07 bits per heavy atom. The van der Waals surface area contributed by atoms with Crippen LogP contribution in [0.5, 0.6) is 0 Å². The summed E-state index contributed by atoms with van der Waals surface area (Å²) in [6.45, 7) is 1.03. The summed E-state index contributed by atoms with van der Waals surface area (Å²) in [6.07, 6.45) is 1.43. The van der Waals surface area contributed by atoms with Gasteiger partial charge in [0.2, 0.25) is 10.0 Å². The Bertz CT molecular complexity index is 938. The van der Waals surface area contributed by atoms with Gasteiger partial charge in [0.1, 0.15) is 0 Å². The molecule has 2 aromatic rings. The molecule has 2 amide bonds. The average molecular weight is 470 g/mol. The van der Waals surface area contributed by atoms with Gasteiger partial charge in [-0.05, 0) is 40.2 Å². The number of amides is 2. The highest BCUT2D eigenvalue weighted by molar-refractivity contribution is 9.10. The lowest BCUT2D eigenvalue weighted by Gasteiger charge is -2.33. The van der Waals surface area contributed by atoms with E-state index in [2.05, 4.69) is 21.2 Å². The van der Waals surface area contributed by atoms with Crippen molar-refractivity contribution in [2.45, 2.75) is 0 Å². The molecule has 1 saturated heterocycles. The van der Waals surface area contributed by atoms with Crippen molar-refractivity contribution in [2.75, 3.05) is 38.5 Å². The highest BCUT2D eigenvalue weighted by atomic mass is 79.9. The van der Waals surface area contributed by atoms with E-state index in [9.17, 15) is 18.0 Å². The molecule has 10 heteroatoms. The van der Waals surface area contributed by atoms with Gasteiger partial charge in [0.15, 0.2) is 5.76 Å². The highest BCUT2D eigenvalue weighted by Gasteiger charge is 2.29. The van der Waals surface area contributed by atoms with Crippen LogP contribution in [0.15, 0.2) is 51.6 Å². The minimum absolute atomic E-state index is 0.00798. The first kappa shape index (κ1) is 20.6. The average Bonchev–Trinajstić information content (AvgIpc) is 3.22. The maximum atomic E-state index is 12.5. The number of rotatable bonds is 6. The zero-order valence-corrected chi connectivity index (χ0v) is 17.4. The second-order valence-corrected chi connectivity index (χ2v) is 9.16. The van der Waals surface area contributed by atoms with E-state index in [4.69, 9.17) is 4.42 Å². The molecule has 1 aliphatic heterocycles. The summed E-state index contributed by atoms with van der Waals surface area (Å²) in [5.41, 5.74) is 0.449. The standard InChI is InChI=1S/C18H20BrN3O5S/c19-15-5-2-1-4-14(15)17(23)20-7-13-28(25,26)22-10-8-21(9-11-22)18(24)16-6-3-12-27-16/h1-6,12H,7-11,13H2,(H,20,23). The third kappa shape index (κ3) is 4.81. The minimum Gasteiger partial charge on any atom is -0.459 e. The third-order valence-corrected chi connectivity index (χ3v) is 6.98. The number of hydrogen-bond donors (Lipinski definition) is 1. The van der Waals surface area contributed by atoms with Gasteiger partial charge in [-0.3, -0.25) is 9.59 Å². The summed E-state index contributed by atoms with van der Waals surface area (Å²) >= 11 is 3.30. The Balaban J connectivity index is 1.48. The van der Waals surface area contributed by atoms with Crippen LogP contribution in [-0.2, 0) is 10.0 Å². The van der Waals surface area contributed by atoms with Gasteiger partial charge in [-0.15, -0.1) is 0 Å². The monoisotopic (exact) mass is 469 g/mol. The molecule has 1 N–H and O–H groups in total. The van der Waals surface area contributed by atoms with Gasteiger partial charge in [-0.1, -0.05) is 12.1 Å². The molecular weight excluding hydrogens is 450 g/mol. The molecule has 0 unspecified atom stereocenters. The van der Waals surface area contributed by atoms with Crippen LogP contribution in [0.1, 0.15) is 20.9 Å². The van der Waals surface area contributed by atoms with E-state index in [1.807, 2.05) is 0 Å². The van der Waals surface area contributed by atoms with Gasteiger partial charge in [-0.2, -0.15) is 4.31 Å². The lowest BCUT2D eigenvalue weighted by Crippen LogP contribution is -2.51. The Morgan fingerprint density at radius 2 is 1.79 bits per heavy atom. The molecule has 0 atom stereocenters. The predicted molar refractivity (Wildman–Crippen MR) is 106 cm³/mol. The van der Waals surface area contributed by atoms with E-state index in [0.717, 1.165) is 0 Å². The maximum Gasteiger partial charge on any atom is 0.289 e. The van der Waals surface area contributed by atoms with Crippen molar-refractivity contribution in [1.82, 2.24) is 14.5 Å². The number of carbonyl (C=O) groups is 2. The van der Waals surface area contributed by atoms with Crippen molar-refractivity contribution >= 4 is 37.8 Å². The number of piperazine rings is 1. The Labute approximate surface area is 171 Å². The number of furan rings is 1. The number of nitrogens with one attached hydrogen (secondary N) is 1. The van der Waals surface area contributed by atoms with Crippen LogP contribution in [-0.4, -0.2) is 67.9 Å². The van der Waals surface area contributed by atoms with Gasteiger partial charge in [-0.25, -0.2) is 8.42 Å². The predicted octanol–water partition coefficient (Wildman–Crippen LogP) is 1.56. The van der Waals surface area contributed by atoms with Crippen LogP contribution >= 0.6 is 15.9 Å². The molecule has 28 heavy (non-hydrogen) atoms. The number of carbonyl (C=O) groups excluding carboxylic acids is 2. The van der Waals surface area contributed by atoms with Crippen LogP contribution in [0.25, 0.3) is 0 Å². The van der Waals surface area contributed by atoms with E-state index in [-0.39, 0.29) is 43.0 Å². The molecule has 1 aliphatic rings. The number of nitrogens with zero attached hydrogens (tertiary/aromatic N) is 2. The molecule has 1 aromatic carbocycles. The molecule has 0 bridgehead atoms. The fraction of sp³-hybridized carbons (Fsp3) is 0.333. The van der Waals surface area contributed by atoms with E-state index < -0.39 is 10.0 Å². The summed E-state index contributed by atoms with van der Waals surface area (Å²) in [7, 11) is -3.53. The number of halogens is 1. The van der Waals surface area contributed by atoms with Crippen LogP contribution in [0.4, 0.5) is 0 Å². The minimum atomic E-state index is -3.53. The van der Waals surface area contributed by atoms with Crippen molar-refractivity contribution in [2.24, 2.45) is 0 Å². The molecule has 2 heterocycles. The largest absolute Gasteiger partial charge is 0.459 e. The zero-order valence-electron chi connectivity index (χ0n) is 15.0. The van der Waals surface area contributed by atoms with Gasteiger partial charge in [0.05, 0.1) is 17.6 Å². The third-order valence-electron chi connectivity index (χ3n) is 4.42. The SMILES string of the molecule is O=C(NCCS(=O)(=O)N1CCN(C(=O)c2ccco2)CC1)c1ccccc1Br. The Morgan fingerprint density at radius 3 is 2.43 bits per heavy atom. The van der Waals surface area contributed by atoms with Crippen LogP contribution in [0.3, 0.4) is 0 Å². The van der Waals surface area contributed by atoms with Crippen molar-refractivity contribution in [1.29, 1.82) is 0 Å². The van der Waals surface area contributed by atoms with Crippen molar-refractivity contribution in [3.8, 4) is 0 Å². The molecular formula is C18H20BrN3O5S. The van der Waals surface area contributed by atoms with Crippen LogP contribution < -0.4 is 5.32 Å². The summed E-state index contributed by atoms with van der Waals surface area (Å²) in [5, 5.41) is 2.63. The molecule has 0 saturated carbocycles. The Kier molecular flexibility index (Phi) is 6.53. The van der Waals surface area contributed by atoms with Gasteiger partial charge >= 0.3 is 0 Å². The second-order valence-electron chi connectivity index (χ2n) is 6.22. The second kappa shape index (κ2) is 8.89. The highest BCUT2D eigenvalue weighted by Crippen LogP contribution is 2.16. The van der Waals surface area contributed by atoms with E-state index in [1.165, 1.54) is 10.6 Å². The first-order valence-corrected chi connectivity index (χ1v) is 11.1. The fourth-order valence-corrected chi connectivity index (χ4v) is 4.69. The summed E-state index contributed by atoms with van der Waals surface area (Å²) < 4.78 is 32.1. The summed E-state index contributed by atoms with van der Waals surface area (Å²) in [6, 6.07) is 10.1. The first-order chi connectivity index (χ1) is 13.4. The summed E-state index contributed by atoms with van der Waals surface area (Å²) in [5.74, 6) is -0.541. The number of hydrogen-bond acceptors (Lipinski definition) is 5. The normalized spacial score (nSPS) is 15.4. The molecule has 0 spiro atoms. The van der Waals surface area contributed by atoms with Crippen LogP contribution in [0.2, 0.25) is 0 Å². The van der Waals surface area contributed by atoms with E-state index in [1.54, 1.807) is 41.3 Å².